The molecule has 0 aromatic rings. The summed E-state index contributed by atoms with van der Waals surface area (Å²) in [5, 5.41) is 0. The predicted molar refractivity (Wildman–Crippen MR) is 58.2 cm³/mol. The van der Waals surface area contributed by atoms with Crippen LogP contribution in [0.4, 0.5) is 0 Å². The molecular formula is C13H18. The zero-order valence-electron chi connectivity index (χ0n) is 8.85. The first-order chi connectivity index (χ1) is 6.00. The molecule has 0 unspecified atom stereocenters. The van der Waals surface area contributed by atoms with E-state index in [0.717, 1.165) is 18.4 Å². The highest BCUT2D eigenvalue weighted by Crippen LogP contribution is 2.23. The zero-order valence-corrected chi connectivity index (χ0v) is 8.85. The van der Waals surface area contributed by atoms with Crippen LogP contribution in [0.15, 0.2) is 24.3 Å². The van der Waals surface area contributed by atoms with E-state index in [2.05, 4.69) is 51.3 Å². The van der Waals surface area contributed by atoms with Gasteiger partial charge in [0.25, 0.3) is 0 Å². The Morgan fingerprint density at radius 1 is 1.31 bits per heavy atom. The molecule has 0 radical (unpaired) electrons. The highest BCUT2D eigenvalue weighted by Gasteiger charge is 2.13. The molecule has 0 amide bonds. The van der Waals surface area contributed by atoms with E-state index in [-0.39, 0.29) is 5.41 Å². The molecule has 0 heterocycles. The Morgan fingerprint density at radius 2 is 1.85 bits per heavy atom. The molecule has 0 aliphatic heterocycles. The van der Waals surface area contributed by atoms with Crippen molar-refractivity contribution in [2.75, 3.05) is 0 Å². The minimum absolute atomic E-state index is 0.124. The number of rotatable bonds is 0. The molecule has 13 heavy (non-hydrogen) atoms. The minimum atomic E-state index is 0.124. The summed E-state index contributed by atoms with van der Waals surface area (Å²) < 4.78 is 0. The molecule has 0 nitrogen and oxygen atoms in total. The van der Waals surface area contributed by atoms with Crippen molar-refractivity contribution in [3.63, 3.8) is 0 Å². The summed E-state index contributed by atoms with van der Waals surface area (Å²) in [6.45, 7) is 10.4. The molecule has 0 saturated carbocycles. The maximum Gasteiger partial charge on any atom is 0.0275 e. The summed E-state index contributed by atoms with van der Waals surface area (Å²) >= 11 is 0. The van der Waals surface area contributed by atoms with E-state index in [9.17, 15) is 0 Å². The summed E-state index contributed by atoms with van der Waals surface area (Å²) in [7, 11) is 0. The molecule has 0 aromatic heterocycles. The quantitative estimate of drug-likeness (QED) is 0.389. The van der Waals surface area contributed by atoms with Gasteiger partial charge in [0.1, 0.15) is 0 Å². The van der Waals surface area contributed by atoms with E-state index in [0.29, 0.717) is 5.92 Å². The van der Waals surface area contributed by atoms with E-state index < -0.39 is 0 Å². The van der Waals surface area contributed by atoms with Crippen molar-refractivity contribution in [1.29, 1.82) is 0 Å². The van der Waals surface area contributed by atoms with Gasteiger partial charge in [-0.05, 0) is 18.3 Å². The van der Waals surface area contributed by atoms with Crippen molar-refractivity contribution in [1.82, 2.24) is 0 Å². The molecule has 0 bridgehead atoms. The third-order valence-electron chi connectivity index (χ3n) is 2.34. The minimum Gasteiger partial charge on any atom is -0.0942 e. The summed E-state index contributed by atoms with van der Waals surface area (Å²) in [5.41, 5.74) is 1.17. The van der Waals surface area contributed by atoms with Crippen molar-refractivity contribution in [2.45, 2.75) is 33.6 Å². The first kappa shape index (κ1) is 10.1. The van der Waals surface area contributed by atoms with Crippen LogP contribution in [0.1, 0.15) is 33.6 Å². The molecular weight excluding hydrogens is 156 g/mol. The van der Waals surface area contributed by atoms with Gasteiger partial charge in [-0.25, -0.2) is 0 Å². The molecule has 1 aliphatic carbocycles. The van der Waals surface area contributed by atoms with Crippen LogP contribution in [0.25, 0.3) is 0 Å². The molecule has 1 rings (SSSR count). The van der Waals surface area contributed by atoms with Gasteiger partial charge in [0.15, 0.2) is 0 Å². The molecule has 0 fully saturated rings. The lowest BCUT2D eigenvalue weighted by Gasteiger charge is -2.16. The van der Waals surface area contributed by atoms with Crippen molar-refractivity contribution < 1.29 is 0 Å². The fraction of sp³-hybridized carbons (Fsp3) is 0.538. The van der Waals surface area contributed by atoms with Gasteiger partial charge in [0, 0.05) is 11.5 Å². The first-order valence-electron chi connectivity index (χ1n) is 4.86. The van der Waals surface area contributed by atoms with Gasteiger partial charge in [-0.15, -0.1) is 0 Å². The summed E-state index contributed by atoms with van der Waals surface area (Å²) in [5.74, 6) is 7.00. The Morgan fingerprint density at radius 3 is 2.31 bits per heavy atom. The largest absolute Gasteiger partial charge is 0.0942 e. The summed E-state index contributed by atoms with van der Waals surface area (Å²) in [4.78, 5) is 0. The van der Waals surface area contributed by atoms with Crippen LogP contribution in [0, 0.1) is 23.2 Å². The molecule has 0 aromatic carbocycles. The van der Waals surface area contributed by atoms with Crippen LogP contribution in [0.3, 0.4) is 0 Å². The number of hydrogen-bond acceptors (Lipinski definition) is 0. The second-order valence-corrected chi connectivity index (χ2v) is 4.64. The molecule has 0 atom stereocenters. The van der Waals surface area contributed by atoms with Gasteiger partial charge in [-0.1, -0.05) is 51.3 Å². The third-order valence-corrected chi connectivity index (χ3v) is 2.34. The van der Waals surface area contributed by atoms with Crippen LogP contribution < -0.4 is 0 Å². The second-order valence-electron chi connectivity index (χ2n) is 4.64. The lowest BCUT2D eigenvalue weighted by atomic mass is 9.87. The van der Waals surface area contributed by atoms with E-state index in [1.54, 1.807) is 0 Å². The Labute approximate surface area is 81.7 Å². The fourth-order valence-corrected chi connectivity index (χ4v) is 1.11. The Kier molecular flexibility index (Phi) is 2.98. The Balaban J connectivity index is 2.52. The topological polar surface area (TPSA) is 0 Å². The van der Waals surface area contributed by atoms with Gasteiger partial charge in [0.05, 0.1) is 0 Å². The van der Waals surface area contributed by atoms with Crippen LogP contribution in [-0.4, -0.2) is 0 Å². The molecule has 70 valence electrons. The SMILES string of the molecule is C=C(C#CC1CC=CC1)C(C)(C)C. The van der Waals surface area contributed by atoms with Crippen LogP contribution in [-0.2, 0) is 0 Å². The maximum atomic E-state index is 3.99. The van der Waals surface area contributed by atoms with Crippen molar-refractivity contribution >= 4 is 0 Å². The van der Waals surface area contributed by atoms with Crippen LogP contribution >= 0.6 is 0 Å². The fourth-order valence-electron chi connectivity index (χ4n) is 1.11. The first-order valence-corrected chi connectivity index (χ1v) is 4.86. The molecule has 0 saturated heterocycles. The molecule has 0 N–H and O–H groups in total. The molecule has 0 spiro atoms. The highest BCUT2D eigenvalue weighted by atomic mass is 14.2. The predicted octanol–water partition coefficient (Wildman–Crippen LogP) is 3.56. The van der Waals surface area contributed by atoms with Gasteiger partial charge >= 0.3 is 0 Å². The second kappa shape index (κ2) is 3.83. The van der Waals surface area contributed by atoms with Gasteiger partial charge in [-0.3, -0.25) is 0 Å². The smallest absolute Gasteiger partial charge is 0.0275 e. The van der Waals surface area contributed by atoms with Crippen LogP contribution in [0.2, 0.25) is 0 Å². The average molecular weight is 174 g/mol. The lowest BCUT2D eigenvalue weighted by Crippen LogP contribution is -2.06. The lowest BCUT2D eigenvalue weighted by molar-refractivity contribution is 0.523. The molecule has 0 heteroatoms. The average Bonchev–Trinajstić information content (AvgIpc) is 2.50. The van der Waals surface area contributed by atoms with E-state index in [1.165, 1.54) is 0 Å². The third kappa shape index (κ3) is 3.11. The highest BCUT2D eigenvalue weighted by molar-refractivity contribution is 5.31. The monoisotopic (exact) mass is 174 g/mol. The van der Waals surface area contributed by atoms with Gasteiger partial charge < -0.3 is 0 Å². The maximum absolute atomic E-state index is 3.99. The van der Waals surface area contributed by atoms with Gasteiger partial charge in [-0.2, -0.15) is 0 Å². The van der Waals surface area contributed by atoms with E-state index in [1.807, 2.05) is 0 Å². The van der Waals surface area contributed by atoms with Gasteiger partial charge in [0.2, 0.25) is 0 Å². The Hall–Kier alpha value is -0.960. The van der Waals surface area contributed by atoms with Crippen molar-refractivity contribution in [3.05, 3.63) is 24.3 Å². The zero-order chi connectivity index (χ0) is 9.90. The van der Waals surface area contributed by atoms with E-state index >= 15 is 0 Å². The number of allylic oxidation sites excluding steroid dienone is 3. The van der Waals surface area contributed by atoms with Crippen molar-refractivity contribution in [3.8, 4) is 11.8 Å². The molecule has 1 aliphatic rings. The number of hydrogen-bond donors (Lipinski definition) is 0. The summed E-state index contributed by atoms with van der Waals surface area (Å²) in [6, 6.07) is 0. The standard InChI is InChI=1S/C13H18/c1-11(13(2,3)4)9-10-12-7-5-6-8-12/h5-6,12H,1,7-8H2,2-4H3. The van der Waals surface area contributed by atoms with E-state index in [4.69, 9.17) is 0 Å². The summed E-state index contributed by atoms with van der Waals surface area (Å²) in [6.07, 6.45) is 6.65. The van der Waals surface area contributed by atoms with Crippen molar-refractivity contribution in [2.24, 2.45) is 11.3 Å². The Bertz CT molecular complexity index is 267. The van der Waals surface area contributed by atoms with Crippen LogP contribution in [0.5, 0.6) is 0 Å². The normalized spacial score (nSPS) is 16.8.